The molecule has 0 saturated heterocycles. The van der Waals surface area contributed by atoms with Crippen molar-refractivity contribution in [1.29, 1.82) is 0 Å². The van der Waals surface area contributed by atoms with Gasteiger partial charge in [-0.1, -0.05) is 0 Å². The van der Waals surface area contributed by atoms with Gasteiger partial charge in [0.25, 0.3) is 0 Å². The molecule has 0 aliphatic rings. The highest BCUT2D eigenvalue weighted by Gasteiger charge is 2.22. The number of esters is 3. The Bertz CT molecular complexity index is 714. The van der Waals surface area contributed by atoms with Crippen molar-refractivity contribution in [1.82, 2.24) is 0 Å². The van der Waals surface area contributed by atoms with Crippen LogP contribution in [0.5, 0.6) is 0 Å². The van der Waals surface area contributed by atoms with Crippen LogP contribution < -0.4 is 5.32 Å². The molecule has 9 heteroatoms. The lowest BCUT2D eigenvalue weighted by Crippen LogP contribution is -2.17. The third-order valence-corrected chi connectivity index (χ3v) is 4.35. The van der Waals surface area contributed by atoms with Gasteiger partial charge in [0, 0.05) is 4.47 Å². The van der Waals surface area contributed by atoms with Gasteiger partial charge in [-0.25, -0.2) is 14.4 Å². The fourth-order valence-electron chi connectivity index (χ4n) is 1.75. The minimum atomic E-state index is -0.769. The minimum absolute atomic E-state index is 0.147. The smallest absolute Gasteiger partial charge is 0.354 e. The Labute approximate surface area is 155 Å². The topological polar surface area (TPSA) is 90.9 Å². The first-order valence-electron chi connectivity index (χ1n) is 6.48. The molecule has 0 radical (unpaired) electrons. The highest BCUT2D eigenvalue weighted by molar-refractivity contribution is 9.11. The number of nitrogens with one attached hydrogen (secondary N) is 1. The monoisotopic (exact) mass is 463 g/mol. The lowest BCUT2D eigenvalue weighted by atomic mass is 10.1. The Morgan fingerprint density at radius 2 is 1.71 bits per heavy atom. The van der Waals surface area contributed by atoms with Crippen LogP contribution in [0, 0.1) is 6.92 Å². The molecule has 7 nitrogen and oxygen atoms in total. The fraction of sp³-hybridized carbons (Fsp3) is 0.267. The van der Waals surface area contributed by atoms with Gasteiger partial charge in [-0.2, -0.15) is 0 Å². The lowest BCUT2D eigenvalue weighted by Gasteiger charge is -2.16. The quantitative estimate of drug-likeness (QED) is 0.407. The minimum Gasteiger partial charge on any atom is -0.466 e. The summed E-state index contributed by atoms with van der Waals surface area (Å²) in [5.41, 5.74) is 1.18. The summed E-state index contributed by atoms with van der Waals surface area (Å²) in [4.78, 5) is 35.2. The van der Waals surface area contributed by atoms with E-state index in [0.29, 0.717) is 20.2 Å². The van der Waals surface area contributed by atoms with Crippen molar-refractivity contribution >= 4 is 55.5 Å². The molecule has 0 aliphatic heterocycles. The normalized spacial score (nSPS) is 10.8. The molecular formula is C15H15Br2NO6. The molecule has 0 heterocycles. The number of carbonyl (C=O) groups is 3. The highest BCUT2D eigenvalue weighted by Crippen LogP contribution is 2.36. The van der Waals surface area contributed by atoms with Gasteiger partial charge in [0.1, 0.15) is 5.70 Å². The third-order valence-electron chi connectivity index (χ3n) is 2.93. The van der Waals surface area contributed by atoms with E-state index >= 15 is 0 Å². The van der Waals surface area contributed by atoms with Crippen LogP contribution in [0.3, 0.4) is 0 Å². The number of carbonyl (C=O) groups excluding carboxylic acids is 3. The summed E-state index contributed by atoms with van der Waals surface area (Å²) in [6.45, 7) is 1.76. The average Bonchev–Trinajstić information content (AvgIpc) is 2.55. The van der Waals surface area contributed by atoms with Crippen molar-refractivity contribution in [3.8, 4) is 0 Å². The Balaban J connectivity index is 3.44. The second kappa shape index (κ2) is 8.84. The average molecular weight is 465 g/mol. The number of ether oxygens (including phenoxy) is 3. The number of hydrogen-bond acceptors (Lipinski definition) is 7. The molecule has 0 aromatic heterocycles. The third kappa shape index (κ3) is 4.57. The molecular weight excluding hydrogens is 450 g/mol. The number of hydrogen-bond donors (Lipinski definition) is 1. The number of rotatable bonds is 5. The van der Waals surface area contributed by atoms with Crippen LogP contribution in [-0.2, 0) is 23.8 Å². The molecule has 130 valence electrons. The summed E-state index contributed by atoms with van der Waals surface area (Å²) in [7, 11) is 3.62. The van der Waals surface area contributed by atoms with Gasteiger partial charge in [-0.3, -0.25) is 0 Å². The number of aryl methyl sites for hydroxylation is 1. The summed E-state index contributed by atoms with van der Waals surface area (Å²) in [6, 6.07) is 1.67. The number of methoxy groups -OCH3 is 3. The van der Waals surface area contributed by atoms with Crippen molar-refractivity contribution in [3.05, 3.63) is 37.9 Å². The van der Waals surface area contributed by atoms with Gasteiger partial charge in [0.2, 0.25) is 0 Å². The summed E-state index contributed by atoms with van der Waals surface area (Å²) in [5, 5.41) is 2.79. The molecule has 0 atom stereocenters. The maximum absolute atomic E-state index is 11.9. The summed E-state index contributed by atoms with van der Waals surface area (Å²) in [5.74, 6) is -2.08. The highest BCUT2D eigenvalue weighted by atomic mass is 79.9. The van der Waals surface area contributed by atoms with Crippen LogP contribution in [0.25, 0.3) is 0 Å². The van der Waals surface area contributed by atoms with Crippen molar-refractivity contribution in [3.63, 3.8) is 0 Å². The second-order valence-corrected chi connectivity index (χ2v) is 6.08. The lowest BCUT2D eigenvalue weighted by molar-refractivity contribution is -0.138. The summed E-state index contributed by atoms with van der Waals surface area (Å²) in [6.07, 6.45) is 0.956. The largest absolute Gasteiger partial charge is 0.466 e. The van der Waals surface area contributed by atoms with Gasteiger partial charge in [-0.15, -0.1) is 0 Å². The molecule has 1 rings (SSSR count). The maximum Gasteiger partial charge on any atom is 0.354 e. The molecule has 1 aromatic rings. The molecule has 0 amide bonds. The molecule has 1 aromatic carbocycles. The standard InChI is InChI=1S/C15H15Br2NO6/c1-7-5-8(16)11(15(21)24-4)12(17)13(7)18-9(14(20)23-3)6-10(19)22-2/h5-6,18H,1-4H3/b9-6+. The molecule has 0 saturated carbocycles. The molecule has 0 fully saturated rings. The SMILES string of the molecule is COC(=O)/C=C(/Nc1c(C)cc(Br)c(C(=O)OC)c1Br)C(=O)OC. The maximum atomic E-state index is 11.9. The first-order valence-corrected chi connectivity index (χ1v) is 8.07. The van der Waals surface area contributed by atoms with Gasteiger partial charge < -0.3 is 19.5 Å². The van der Waals surface area contributed by atoms with Crippen molar-refractivity contribution in [2.75, 3.05) is 26.6 Å². The van der Waals surface area contributed by atoms with E-state index in [4.69, 9.17) is 4.74 Å². The summed E-state index contributed by atoms with van der Waals surface area (Å²) < 4.78 is 14.8. The van der Waals surface area contributed by atoms with Gasteiger partial charge in [0.05, 0.1) is 43.1 Å². The molecule has 0 aliphatic carbocycles. The second-order valence-electron chi connectivity index (χ2n) is 4.43. The van der Waals surface area contributed by atoms with Crippen molar-refractivity contribution < 1.29 is 28.6 Å². The van der Waals surface area contributed by atoms with E-state index in [1.807, 2.05) is 0 Å². The van der Waals surface area contributed by atoms with Gasteiger partial charge in [-0.05, 0) is 50.4 Å². The van der Waals surface area contributed by atoms with Gasteiger partial charge in [0.15, 0.2) is 0 Å². The van der Waals surface area contributed by atoms with Crippen LogP contribution in [0.4, 0.5) is 5.69 Å². The van der Waals surface area contributed by atoms with Crippen molar-refractivity contribution in [2.24, 2.45) is 0 Å². The van der Waals surface area contributed by atoms with E-state index in [1.54, 1.807) is 13.0 Å². The Morgan fingerprint density at radius 1 is 1.08 bits per heavy atom. The predicted octanol–water partition coefficient (Wildman–Crippen LogP) is 2.95. The zero-order chi connectivity index (χ0) is 18.4. The summed E-state index contributed by atoms with van der Waals surface area (Å²) >= 11 is 6.61. The molecule has 1 N–H and O–H groups in total. The number of anilines is 1. The first-order chi connectivity index (χ1) is 11.3. The zero-order valence-electron chi connectivity index (χ0n) is 13.4. The van der Waals surface area contributed by atoms with E-state index in [0.717, 1.165) is 6.08 Å². The fourth-order valence-corrected chi connectivity index (χ4v) is 3.50. The predicted molar refractivity (Wildman–Crippen MR) is 93.7 cm³/mol. The van der Waals surface area contributed by atoms with Crippen LogP contribution in [0.2, 0.25) is 0 Å². The van der Waals surface area contributed by atoms with E-state index in [1.165, 1.54) is 21.3 Å². The van der Waals surface area contributed by atoms with E-state index in [9.17, 15) is 14.4 Å². The van der Waals surface area contributed by atoms with Crippen LogP contribution in [-0.4, -0.2) is 39.2 Å². The van der Waals surface area contributed by atoms with E-state index in [-0.39, 0.29) is 11.3 Å². The van der Waals surface area contributed by atoms with E-state index in [2.05, 4.69) is 46.7 Å². The first kappa shape index (κ1) is 20.2. The van der Waals surface area contributed by atoms with Crippen LogP contribution >= 0.6 is 31.9 Å². The molecule has 0 bridgehead atoms. The molecule has 0 unspecified atom stereocenters. The molecule has 0 spiro atoms. The Morgan fingerprint density at radius 3 is 2.21 bits per heavy atom. The van der Waals surface area contributed by atoms with E-state index < -0.39 is 17.9 Å². The number of halogens is 2. The van der Waals surface area contributed by atoms with Gasteiger partial charge >= 0.3 is 17.9 Å². The van der Waals surface area contributed by atoms with Crippen LogP contribution in [0.15, 0.2) is 26.8 Å². The molecule has 24 heavy (non-hydrogen) atoms. The van der Waals surface area contributed by atoms with Crippen LogP contribution in [0.1, 0.15) is 15.9 Å². The Hall–Kier alpha value is -1.87. The van der Waals surface area contributed by atoms with Crippen molar-refractivity contribution in [2.45, 2.75) is 6.92 Å². The zero-order valence-corrected chi connectivity index (χ0v) is 16.5. The Kier molecular flexibility index (Phi) is 7.43. The number of benzene rings is 1.